The molecule has 3 nitrogen and oxygen atoms in total. The topological polar surface area (TPSA) is 36.4 Å². The molecule has 1 aliphatic heterocycles. The van der Waals surface area contributed by atoms with Crippen LogP contribution in [0.4, 0.5) is 5.69 Å². The van der Waals surface area contributed by atoms with E-state index in [1.54, 1.807) is 0 Å². The van der Waals surface area contributed by atoms with Crippen LogP contribution in [0, 0.1) is 6.92 Å². The smallest absolute Gasteiger partial charge is 0.195 e. The van der Waals surface area contributed by atoms with Crippen LogP contribution in [0.1, 0.15) is 5.56 Å². The highest BCUT2D eigenvalue weighted by molar-refractivity contribution is 5.94. The number of hydrogen-bond acceptors (Lipinski definition) is 3. The predicted molar refractivity (Wildman–Crippen MR) is 62.4 cm³/mol. The maximum Gasteiger partial charge on any atom is 0.195 e. The Kier molecular flexibility index (Phi) is 3.77. The van der Waals surface area contributed by atoms with Crippen molar-refractivity contribution in [2.24, 2.45) is 4.99 Å². The third-order valence-electron chi connectivity index (χ3n) is 1.99. The molecule has 2 N–H and O–H groups in total. The average Bonchev–Trinajstić information content (AvgIpc) is 2.62. The molecule has 0 amide bonds. The summed E-state index contributed by atoms with van der Waals surface area (Å²) >= 11 is 0. The van der Waals surface area contributed by atoms with E-state index >= 15 is 0 Å². The van der Waals surface area contributed by atoms with Gasteiger partial charge in [0.05, 0.1) is 6.54 Å². The van der Waals surface area contributed by atoms with Crippen molar-refractivity contribution in [3.8, 4) is 0 Å². The SMILES string of the molecule is Cc1ccc(NC2=NCCN2)cc1.Cl. The number of guanidine groups is 1. The zero-order valence-electron chi connectivity index (χ0n) is 8.08. The largest absolute Gasteiger partial charge is 0.354 e. The highest BCUT2D eigenvalue weighted by Crippen LogP contribution is 2.08. The summed E-state index contributed by atoms with van der Waals surface area (Å²) in [5.74, 6) is 0.879. The molecule has 76 valence electrons. The molecule has 1 heterocycles. The van der Waals surface area contributed by atoms with Gasteiger partial charge >= 0.3 is 0 Å². The van der Waals surface area contributed by atoms with Crippen molar-refractivity contribution in [3.63, 3.8) is 0 Å². The molecule has 1 aromatic rings. The number of benzene rings is 1. The van der Waals surface area contributed by atoms with Gasteiger partial charge in [0.2, 0.25) is 0 Å². The van der Waals surface area contributed by atoms with Crippen molar-refractivity contribution >= 4 is 24.1 Å². The second kappa shape index (κ2) is 4.86. The van der Waals surface area contributed by atoms with E-state index in [-0.39, 0.29) is 12.4 Å². The Labute approximate surface area is 90.0 Å². The Hall–Kier alpha value is -1.22. The Morgan fingerprint density at radius 2 is 2.00 bits per heavy atom. The van der Waals surface area contributed by atoms with Crippen molar-refractivity contribution in [1.29, 1.82) is 0 Å². The Morgan fingerprint density at radius 3 is 2.57 bits per heavy atom. The number of nitrogens with zero attached hydrogens (tertiary/aromatic N) is 1. The van der Waals surface area contributed by atoms with E-state index in [0.29, 0.717) is 0 Å². The van der Waals surface area contributed by atoms with Crippen LogP contribution in [0.15, 0.2) is 29.3 Å². The standard InChI is InChI=1S/C10H13N3.ClH/c1-8-2-4-9(5-3-8)13-10-11-6-7-12-10;/h2-5H,6-7H2,1H3,(H2,11,12,13);1H. The van der Waals surface area contributed by atoms with Gasteiger partial charge in [-0.25, -0.2) is 0 Å². The molecule has 0 aromatic heterocycles. The van der Waals surface area contributed by atoms with Crippen molar-refractivity contribution in [3.05, 3.63) is 29.8 Å². The van der Waals surface area contributed by atoms with Crippen LogP contribution in [0.5, 0.6) is 0 Å². The molecule has 0 fully saturated rings. The van der Waals surface area contributed by atoms with E-state index in [9.17, 15) is 0 Å². The van der Waals surface area contributed by atoms with Crippen LogP contribution >= 0.6 is 12.4 Å². The quantitative estimate of drug-likeness (QED) is 0.743. The van der Waals surface area contributed by atoms with Gasteiger partial charge in [0.15, 0.2) is 5.96 Å². The Bertz CT molecular complexity index is 319. The van der Waals surface area contributed by atoms with Gasteiger partial charge in [0, 0.05) is 12.2 Å². The summed E-state index contributed by atoms with van der Waals surface area (Å²) in [4.78, 5) is 4.25. The predicted octanol–water partition coefficient (Wildman–Crippen LogP) is 1.79. The number of aliphatic imine (C=N–C) groups is 1. The zero-order valence-corrected chi connectivity index (χ0v) is 8.90. The number of hydrogen-bond donors (Lipinski definition) is 2. The number of halogens is 1. The van der Waals surface area contributed by atoms with E-state index < -0.39 is 0 Å². The molecular weight excluding hydrogens is 198 g/mol. The Morgan fingerprint density at radius 1 is 1.29 bits per heavy atom. The minimum absolute atomic E-state index is 0. The van der Waals surface area contributed by atoms with Crippen molar-refractivity contribution in [1.82, 2.24) is 5.32 Å². The zero-order chi connectivity index (χ0) is 9.10. The first-order valence-electron chi connectivity index (χ1n) is 4.46. The van der Waals surface area contributed by atoms with Crippen LogP contribution in [0.3, 0.4) is 0 Å². The second-order valence-corrected chi connectivity index (χ2v) is 3.15. The van der Waals surface area contributed by atoms with Crippen LogP contribution in [-0.4, -0.2) is 19.0 Å². The fraction of sp³-hybridized carbons (Fsp3) is 0.300. The summed E-state index contributed by atoms with van der Waals surface area (Å²) in [5.41, 5.74) is 2.35. The summed E-state index contributed by atoms with van der Waals surface area (Å²) in [5, 5.41) is 6.37. The van der Waals surface area contributed by atoms with Crippen LogP contribution in [-0.2, 0) is 0 Å². The summed E-state index contributed by atoms with van der Waals surface area (Å²) < 4.78 is 0. The highest BCUT2D eigenvalue weighted by Gasteiger charge is 2.03. The monoisotopic (exact) mass is 211 g/mol. The van der Waals surface area contributed by atoms with Gasteiger partial charge < -0.3 is 10.6 Å². The lowest BCUT2D eigenvalue weighted by Gasteiger charge is -2.05. The van der Waals surface area contributed by atoms with Gasteiger partial charge in [-0.3, -0.25) is 4.99 Å². The Balaban J connectivity index is 0.000000980. The summed E-state index contributed by atoms with van der Waals surface area (Å²) in [6.45, 7) is 3.89. The summed E-state index contributed by atoms with van der Waals surface area (Å²) in [6.07, 6.45) is 0. The van der Waals surface area contributed by atoms with Gasteiger partial charge in [0.1, 0.15) is 0 Å². The van der Waals surface area contributed by atoms with Gasteiger partial charge in [-0.2, -0.15) is 0 Å². The van der Waals surface area contributed by atoms with E-state index in [1.807, 2.05) is 0 Å². The first-order chi connectivity index (χ1) is 6.34. The van der Waals surface area contributed by atoms with Crippen LogP contribution in [0.25, 0.3) is 0 Å². The minimum atomic E-state index is 0. The molecule has 2 rings (SSSR count). The lowest BCUT2D eigenvalue weighted by atomic mass is 10.2. The van der Waals surface area contributed by atoms with E-state index in [2.05, 4.69) is 46.8 Å². The molecule has 0 atom stereocenters. The van der Waals surface area contributed by atoms with Crippen LogP contribution < -0.4 is 10.6 Å². The fourth-order valence-corrected chi connectivity index (χ4v) is 1.26. The van der Waals surface area contributed by atoms with Gasteiger partial charge in [-0.15, -0.1) is 12.4 Å². The summed E-state index contributed by atoms with van der Waals surface area (Å²) in [7, 11) is 0. The normalized spacial score (nSPS) is 13.9. The molecule has 14 heavy (non-hydrogen) atoms. The lowest BCUT2D eigenvalue weighted by Crippen LogP contribution is -2.26. The molecule has 0 unspecified atom stereocenters. The fourth-order valence-electron chi connectivity index (χ4n) is 1.26. The number of nitrogens with one attached hydrogen (secondary N) is 2. The van der Waals surface area contributed by atoms with Crippen molar-refractivity contribution < 1.29 is 0 Å². The number of anilines is 1. The molecule has 1 aromatic carbocycles. The second-order valence-electron chi connectivity index (χ2n) is 3.15. The van der Waals surface area contributed by atoms with E-state index in [1.165, 1.54) is 5.56 Å². The van der Waals surface area contributed by atoms with Crippen molar-refractivity contribution in [2.75, 3.05) is 18.4 Å². The third-order valence-corrected chi connectivity index (χ3v) is 1.99. The van der Waals surface area contributed by atoms with E-state index in [0.717, 1.165) is 24.7 Å². The van der Waals surface area contributed by atoms with Crippen LogP contribution in [0.2, 0.25) is 0 Å². The molecule has 0 aliphatic carbocycles. The molecule has 4 heteroatoms. The molecular formula is C10H14ClN3. The number of aryl methyl sites for hydroxylation is 1. The average molecular weight is 212 g/mol. The number of rotatable bonds is 1. The van der Waals surface area contributed by atoms with Gasteiger partial charge in [-0.05, 0) is 19.1 Å². The highest BCUT2D eigenvalue weighted by atomic mass is 35.5. The molecule has 0 saturated heterocycles. The minimum Gasteiger partial charge on any atom is -0.354 e. The first kappa shape index (κ1) is 10.9. The van der Waals surface area contributed by atoms with Gasteiger partial charge in [-0.1, -0.05) is 17.7 Å². The third kappa shape index (κ3) is 2.64. The molecule has 0 spiro atoms. The molecule has 1 aliphatic rings. The van der Waals surface area contributed by atoms with Crippen molar-refractivity contribution in [2.45, 2.75) is 6.92 Å². The molecule has 0 saturated carbocycles. The molecule has 0 radical (unpaired) electrons. The van der Waals surface area contributed by atoms with Gasteiger partial charge in [0.25, 0.3) is 0 Å². The maximum atomic E-state index is 4.25. The maximum absolute atomic E-state index is 4.25. The molecule has 0 bridgehead atoms. The van der Waals surface area contributed by atoms with E-state index in [4.69, 9.17) is 0 Å². The summed E-state index contributed by atoms with van der Waals surface area (Å²) in [6, 6.07) is 8.27. The lowest BCUT2D eigenvalue weighted by molar-refractivity contribution is 0.959. The first-order valence-corrected chi connectivity index (χ1v) is 4.46.